The molecule has 1 aromatic rings. The van der Waals surface area contributed by atoms with Crippen molar-refractivity contribution in [2.24, 2.45) is 10.4 Å². The van der Waals surface area contributed by atoms with Crippen LogP contribution in [0, 0.1) is 5.41 Å². The van der Waals surface area contributed by atoms with Crippen LogP contribution >= 0.6 is 0 Å². The molecule has 0 atom stereocenters. The Morgan fingerprint density at radius 1 is 1.00 bits per heavy atom. The van der Waals surface area contributed by atoms with Crippen LogP contribution < -0.4 is 0 Å². The lowest BCUT2D eigenvalue weighted by Crippen LogP contribution is -2.20. The van der Waals surface area contributed by atoms with Gasteiger partial charge in [-0.25, -0.2) is 0 Å². The van der Waals surface area contributed by atoms with E-state index in [9.17, 15) is 0 Å². The van der Waals surface area contributed by atoms with Crippen molar-refractivity contribution in [3.63, 3.8) is 0 Å². The standard InChI is InChI=1S/C15H22N2/c1-14(2,3)12-7-10-8-13(15(4,5)6)17-11(10)9-16-12/h7,9H,8H2,1-6H3. The summed E-state index contributed by atoms with van der Waals surface area (Å²) in [5.74, 6) is 0. The molecule has 2 nitrogen and oxygen atoms in total. The van der Waals surface area contributed by atoms with E-state index in [1.807, 2.05) is 6.20 Å². The molecule has 92 valence electrons. The molecule has 2 heteroatoms. The molecule has 0 amide bonds. The number of aromatic nitrogens is 1. The summed E-state index contributed by atoms with van der Waals surface area (Å²) in [6, 6.07) is 2.22. The molecule has 1 aliphatic heterocycles. The monoisotopic (exact) mass is 230 g/mol. The van der Waals surface area contributed by atoms with Gasteiger partial charge in [-0.1, -0.05) is 41.5 Å². The van der Waals surface area contributed by atoms with Crippen molar-refractivity contribution in [1.82, 2.24) is 4.98 Å². The minimum Gasteiger partial charge on any atom is -0.258 e. The van der Waals surface area contributed by atoms with Gasteiger partial charge in [0.2, 0.25) is 0 Å². The van der Waals surface area contributed by atoms with E-state index in [-0.39, 0.29) is 10.8 Å². The molecule has 0 aliphatic carbocycles. The molecule has 1 aromatic heterocycles. The first-order valence-corrected chi connectivity index (χ1v) is 6.25. The molecule has 0 saturated carbocycles. The fourth-order valence-electron chi connectivity index (χ4n) is 1.94. The fraction of sp³-hybridized carbons (Fsp3) is 0.600. The lowest BCUT2D eigenvalue weighted by molar-refractivity contribution is 0.568. The third-order valence-corrected chi connectivity index (χ3v) is 3.21. The second kappa shape index (κ2) is 3.66. The van der Waals surface area contributed by atoms with Gasteiger partial charge in [0.05, 0.1) is 11.9 Å². The molecule has 0 radical (unpaired) electrons. The lowest BCUT2D eigenvalue weighted by atomic mass is 9.86. The van der Waals surface area contributed by atoms with E-state index in [0.717, 1.165) is 17.8 Å². The summed E-state index contributed by atoms with van der Waals surface area (Å²) in [5.41, 5.74) is 5.07. The largest absolute Gasteiger partial charge is 0.258 e. The summed E-state index contributed by atoms with van der Waals surface area (Å²) in [4.78, 5) is 9.23. The topological polar surface area (TPSA) is 25.2 Å². The Balaban J connectivity index is 2.35. The zero-order chi connectivity index (χ0) is 12.8. The van der Waals surface area contributed by atoms with E-state index in [1.165, 1.54) is 11.3 Å². The first kappa shape index (κ1) is 12.3. The smallest absolute Gasteiger partial charge is 0.0848 e. The van der Waals surface area contributed by atoms with Gasteiger partial charge in [-0.3, -0.25) is 9.98 Å². The second-order valence-corrected chi connectivity index (χ2v) is 6.93. The van der Waals surface area contributed by atoms with Crippen molar-refractivity contribution in [3.8, 4) is 0 Å². The molecule has 17 heavy (non-hydrogen) atoms. The van der Waals surface area contributed by atoms with Crippen LogP contribution in [0.25, 0.3) is 0 Å². The van der Waals surface area contributed by atoms with Gasteiger partial charge in [0.1, 0.15) is 0 Å². The molecule has 0 N–H and O–H groups in total. The summed E-state index contributed by atoms with van der Waals surface area (Å²) < 4.78 is 0. The van der Waals surface area contributed by atoms with Gasteiger partial charge in [-0.2, -0.15) is 0 Å². The maximum Gasteiger partial charge on any atom is 0.0848 e. The molecule has 0 aromatic carbocycles. The van der Waals surface area contributed by atoms with Crippen LogP contribution in [0.15, 0.2) is 17.3 Å². The summed E-state index contributed by atoms with van der Waals surface area (Å²) in [5, 5.41) is 0. The van der Waals surface area contributed by atoms with Crippen molar-refractivity contribution in [3.05, 3.63) is 23.5 Å². The van der Waals surface area contributed by atoms with Crippen LogP contribution in [0.3, 0.4) is 0 Å². The average molecular weight is 230 g/mol. The van der Waals surface area contributed by atoms with Gasteiger partial charge in [0.25, 0.3) is 0 Å². The normalized spacial score (nSPS) is 15.8. The Hall–Kier alpha value is -1.18. The van der Waals surface area contributed by atoms with Crippen molar-refractivity contribution >= 4 is 11.4 Å². The van der Waals surface area contributed by atoms with Crippen LogP contribution in [0.2, 0.25) is 0 Å². The Morgan fingerprint density at radius 2 is 1.65 bits per heavy atom. The number of rotatable bonds is 0. The molecule has 0 bridgehead atoms. The highest BCUT2D eigenvalue weighted by molar-refractivity contribution is 5.97. The molecule has 2 heterocycles. The average Bonchev–Trinajstić information content (AvgIpc) is 2.57. The van der Waals surface area contributed by atoms with Crippen LogP contribution in [0.4, 0.5) is 5.69 Å². The Kier molecular flexibility index (Phi) is 2.64. The van der Waals surface area contributed by atoms with Gasteiger partial charge >= 0.3 is 0 Å². The molecule has 0 fully saturated rings. The van der Waals surface area contributed by atoms with Gasteiger partial charge in [0.15, 0.2) is 0 Å². The number of aliphatic imine (C=N–C) groups is 1. The molecule has 1 aliphatic rings. The first-order chi connectivity index (χ1) is 7.68. The van der Waals surface area contributed by atoms with E-state index in [2.05, 4.69) is 52.6 Å². The Labute approximate surface area is 104 Å². The van der Waals surface area contributed by atoms with Crippen LogP contribution in [-0.4, -0.2) is 10.7 Å². The van der Waals surface area contributed by atoms with Crippen LogP contribution in [-0.2, 0) is 11.8 Å². The highest BCUT2D eigenvalue weighted by Crippen LogP contribution is 2.34. The van der Waals surface area contributed by atoms with E-state index in [1.54, 1.807) is 0 Å². The SMILES string of the molecule is CC(C)(C)C1=Nc2cnc(C(C)(C)C)cc2C1. The van der Waals surface area contributed by atoms with Gasteiger partial charge in [-0.05, 0) is 11.6 Å². The van der Waals surface area contributed by atoms with Crippen molar-refractivity contribution < 1.29 is 0 Å². The predicted molar refractivity (Wildman–Crippen MR) is 73.2 cm³/mol. The quantitative estimate of drug-likeness (QED) is 0.660. The van der Waals surface area contributed by atoms with Crippen LogP contribution in [0.5, 0.6) is 0 Å². The maximum atomic E-state index is 4.70. The predicted octanol–water partition coefficient (Wildman–Crippen LogP) is 4.05. The number of pyridine rings is 1. The zero-order valence-electron chi connectivity index (χ0n) is 11.8. The number of fused-ring (bicyclic) bond motifs is 1. The lowest BCUT2D eigenvalue weighted by Gasteiger charge is -2.19. The summed E-state index contributed by atoms with van der Waals surface area (Å²) in [6.45, 7) is 13.2. The van der Waals surface area contributed by atoms with Crippen molar-refractivity contribution in [2.45, 2.75) is 53.4 Å². The molecule has 0 saturated heterocycles. The second-order valence-electron chi connectivity index (χ2n) is 6.93. The minimum atomic E-state index is 0.111. The van der Waals surface area contributed by atoms with Gasteiger partial charge < -0.3 is 0 Å². The summed E-state index contributed by atoms with van der Waals surface area (Å²) in [7, 11) is 0. The van der Waals surface area contributed by atoms with E-state index < -0.39 is 0 Å². The first-order valence-electron chi connectivity index (χ1n) is 6.25. The summed E-state index contributed by atoms with van der Waals surface area (Å²) in [6.07, 6.45) is 2.90. The maximum absolute atomic E-state index is 4.70. The summed E-state index contributed by atoms with van der Waals surface area (Å²) >= 11 is 0. The number of hydrogen-bond acceptors (Lipinski definition) is 2. The van der Waals surface area contributed by atoms with Gasteiger partial charge in [-0.15, -0.1) is 0 Å². The van der Waals surface area contributed by atoms with Gasteiger partial charge in [0, 0.05) is 28.7 Å². The minimum absolute atomic E-state index is 0.111. The van der Waals surface area contributed by atoms with E-state index >= 15 is 0 Å². The Bertz CT molecular complexity index is 471. The third-order valence-electron chi connectivity index (χ3n) is 3.21. The fourth-order valence-corrected chi connectivity index (χ4v) is 1.94. The Morgan fingerprint density at radius 3 is 2.18 bits per heavy atom. The third kappa shape index (κ3) is 2.41. The van der Waals surface area contributed by atoms with E-state index in [4.69, 9.17) is 4.99 Å². The number of hydrogen-bond donors (Lipinski definition) is 0. The zero-order valence-corrected chi connectivity index (χ0v) is 11.8. The molecule has 0 unspecified atom stereocenters. The van der Waals surface area contributed by atoms with Crippen molar-refractivity contribution in [1.29, 1.82) is 0 Å². The van der Waals surface area contributed by atoms with Crippen molar-refractivity contribution in [2.75, 3.05) is 0 Å². The molecule has 2 rings (SSSR count). The molecular weight excluding hydrogens is 208 g/mol. The molecule has 0 spiro atoms. The number of nitrogens with zero attached hydrogens (tertiary/aromatic N) is 2. The highest BCUT2D eigenvalue weighted by Gasteiger charge is 2.26. The van der Waals surface area contributed by atoms with E-state index in [0.29, 0.717) is 0 Å². The molecular formula is C15H22N2. The highest BCUT2D eigenvalue weighted by atomic mass is 14.8. The van der Waals surface area contributed by atoms with Crippen LogP contribution in [0.1, 0.15) is 52.8 Å².